The van der Waals surface area contributed by atoms with Crippen molar-refractivity contribution < 1.29 is 14.0 Å². The highest BCUT2D eigenvalue weighted by atomic mass is 19.1. The zero-order valence-electron chi connectivity index (χ0n) is 12.5. The summed E-state index contributed by atoms with van der Waals surface area (Å²) in [4.78, 5) is 25.8. The van der Waals surface area contributed by atoms with Crippen LogP contribution in [-0.4, -0.2) is 29.3 Å². The average molecular weight is 312 g/mol. The summed E-state index contributed by atoms with van der Waals surface area (Å²) in [5, 5.41) is 0. The number of carbonyl (C=O) groups is 2. The molecule has 4 nitrogen and oxygen atoms in total. The summed E-state index contributed by atoms with van der Waals surface area (Å²) >= 11 is 0. The molecule has 1 aliphatic rings. The molecule has 0 fully saturated rings. The van der Waals surface area contributed by atoms with E-state index in [1.165, 1.54) is 4.90 Å². The Kier molecular flexibility index (Phi) is 4.21. The molecule has 23 heavy (non-hydrogen) atoms. The maximum Gasteiger partial charge on any atom is 0.261 e. The van der Waals surface area contributed by atoms with Crippen molar-refractivity contribution in [3.63, 3.8) is 0 Å². The van der Waals surface area contributed by atoms with Crippen molar-refractivity contribution in [3.05, 3.63) is 70.8 Å². The lowest BCUT2D eigenvalue weighted by Crippen LogP contribution is -2.41. The molecule has 3 rings (SSSR count). The first-order valence-corrected chi connectivity index (χ1v) is 7.44. The molecule has 0 saturated heterocycles. The summed E-state index contributed by atoms with van der Waals surface area (Å²) in [5.74, 6) is -0.595. The van der Waals surface area contributed by atoms with Gasteiger partial charge >= 0.3 is 0 Å². The molecule has 5 heteroatoms. The number of alkyl halides is 1. The highest BCUT2D eigenvalue weighted by Gasteiger charge is 2.35. The third-order valence-corrected chi connectivity index (χ3v) is 3.97. The minimum absolute atomic E-state index is 0.164. The molecule has 0 bridgehead atoms. The number of nitrogens with zero attached hydrogens (tertiary/aromatic N) is 1. The number of halogens is 1. The molecule has 0 aromatic heterocycles. The highest BCUT2D eigenvalue weighted by molar-refractivity contribution is 6.21. The number of hydrogen-bond acceptors (Lipinski definition) is 3. The van der Waals surface area contributed by atoms with Crippen molar-refractivity contribution in [1.29, 1.82) is 0 Å². The smallest absolute Gasteiger partial charge is 0.261 e. The van der Waals surface area contributed by atoms with Crippen LogP contribution >= 0.6 is 0 Å². The lowest BCUT2D eigenvalue weighted by atomic mass is 10.0. The molecule has 2 aromatic rings. The molecule has 2 N–H and O–H groups in total. The van der Waals surface area contributed by atoms with Crippen LogP contribution in [0.25, 0.3) is 0 Å². The van der Waals surface area contributed by atoms with E-state index >= 15 is 0 Å². The van der Waals surface area contributed by atoms with Gasteiger partial charge in [0.15, 0.2) is 0 Å². The van der Waals surface area contributed by atoms with Crippen molar-refractivity contribution >= 4 is 11.8 Å². The van der Waals surface area contributed by atoms with E-state index in [2.05, 4.69) is 0 Å². The van der Waals surface area contributed by atoms with E-state index in [4.69, 9.17) is 5.73 Å². The fraction of sp³-hybridized carbons (Fsp3) is 0.222. The Labute approximate surface area is 133 Å². The van der Waals surface area contributed by atoms with E-state index in [9.17, 15) is 14.0 Å². The molecular weight excluding hydrogens is 295 g/mol. The van der Waals surface area contributed by atoms with Gasteiger partial charge in [0.25, 0.3) is 11.8 Å². The average Bonchev–Trinajstić information content (AvgIpc) is 2.81. The van der Waals surface area contributed by atoms with Crippen LogP contribution in [0.15, 0.2) is 48.5 Å². The van der Waals surface area contributed by atoms with Crippen LogP contribution < -0.4 is 5.73 Å². The van der Waals surface area contributed by atoms with Gasteiger partial charge in [0.1, 0.15) is 6.67 Å². The first-order chi connectivity index (χ1) is 11.1. The van der Waals surface area contributed by atoms with E-state index in [0.717, 1.165) is 5.56 Å². The molecule has 1 aliphatic heterocycles. The first kappa shape index (κ1) is 15.4. The van der Waals surface area contributed by atoms with Crippen molar-refractivity contribution in [2.45, 2.75) is 19.1 Å². The predicted molar refractivity (Wildman–Crippen MR) is 84.7 cm³/mol. The normalized spacial score (nSPS) is 15.0. The SMILES string of the molecule is N[C@H](Cc1ccc(CF)cc1)CN1C(=O)c2ccccc2C1=O. The van der Waals surface area contributed by atoms with E-state index in [1.807, 2.05) is 12.1 Å². The topological polar surface area (TPSA) is 63.4 Å². The van der Waals surface area contributed by atoms with Crippen molar-refractivity contribution in [2.75, 3.05) is 6.54 Å². The van der Waals surface area contributed by atoms with Gasteiger partial charge in [-0.15, -0.1) is 0 Å². The van der Waals surface area contributed by atoms with E-state index in [1.54, 1.807) is 36.4 Å². The molecule has 2 aromatic carbocycles. The van der Waals surface area contributed by atoms with Gasteiger partial charge < -0.3 is 5.73 Å². The zero-order valence-corrected chi connectivity index (χ0v) is 12.5. The van der Waals surface area contributed by atoms with E-state index in [0.29, 0.717) is 23.1 Å². The molecule has 2 amide bonds. The van der Waals surface area contributed by atoms with Crippen LogP contribution in [0.3, 0.4) is 0 Å². The summed E-state index contributed by atoms with van der Waals surface area (Å²) in [7, 11) is 0. The molecule has 0 spiro atoms. The maximum absolute atomic E-state index is 12.5. The van der Waals surface area contributed by atoms with Gasteiger partial charge in [-0.05, 0) is 29.7 Å². The van der Waals surface area contributed by atoms with Crippen LogP contribution in [0.5, 0.6) is 0 Å². The Bertz CT molecular complexity index is 708. The monoisotopic (exact) mass is 312 g/mol. The lowest BCUT2D eigenvalue weighted by Gasteiger charge is -2.19. The molecule has 0 unspecified atom stereocenters. The van der Waals surface area contributed by atoms with Crippen molar-refractivity contribution in [3.8, 4) is 0 Å². The molecular formula is C18H17FN2O2. The number of imide groups is 1. The van der Waals surface area contributed by atoms with E-state index in [-0.39, 0.29) is 24.4 Å². The van der Waals surface area contributed by atoms with Gasteiger partial charge in [-0.2, -0.15) is 0 Å². The second kappa shape index (κ2) is 6.30. The molecule has 1 heterocycles. The quantitative estimate of drug-likeness (QED) is 0.862. The van der Waals surface area contributed by atoms with Crippen LogP contribution in [0.1, 0.15) is 31.8 Å². The van der Waals surface area contributed by atoms with Gasteiger partial charge in [-0.1, -0.05) is 36.4 Å². The number of amides is 2. The molecule has 0 aliphatic carbocycles. The molecule has 1 atom stereocenters. The number of fused-ring (bicyclic) bond motifs is 1. The second-order valence-corrected chi connectivity index (χ2v) is 5.68. The lowest BCUT2D eigenvalue weighted by molar-refractivity contribution is 0.0644. The summed E-state index contributed by atoms with van der Waals surface area (Å²) in [6.07, 6.45) is 0.514. The van der Waals surface area contributed by atoms with Crippen LogP contribution in [0.4, 0.5) is 4.39 Å². The highest BCUT2D eigenvalue weighted by Crippen LogP contribution is 2.22. The zero-order chi connectivity index (χ0) is 16.4. The Balaban J connectivity index is 1.67. The summed E-state index contributed by atoms with van der Waals surface area (Å²) in [6.45, 7) is -0.335. The Morgan fingerprint density at radius 3 is 1.96 bits per heavy atom. The number of rotatable bonds is 5. The minimum Gasteiger partial charge on any atom is -0.326 e. The van der Waals surface area contributed by atoms with Crippen molar-refractivity contribution in [1.82, 2.24) is 4.90 Å². The number of hydrogen-bond donors (Lipinski definition) is 1. The number of carbonyl (C=O) groups excluding carboxylic acids is 2. The number of nitrogens with two attached hydrogens (primary N) is 1. The van der Waals surface area contributed by atoms with Gasteiger partial charge in [-0.3, -0.25) is 14.5 Å². The first-order valence-electron chi connectivity index (χ1n) is 7.44. The van der Waals surface area contributed by atoms with Gasteiger partial charge in [0.05, 0.1) is 11.1 Å². The second-order valence-electron chi connectivity index (χ2n) is 5.68. The largest absolute Gasteiger partial charge is 0.326 e. The maximum atomic E-state index is 12.5. The third kappa shape index (κ3) is 3.00. The van der Waals surface area contributed by atoms with Gasteiger partial charge in [0.2, 0.25) is 0 Å². The Morgan fingerprint density at radius 2 is 1.43 bits per heavy atom. The van der Waals surface area contributed by atoms with Crippen LogP contribution in [-0.2, 0) is 13.1 Å². The molecule has 0 saturated carbocycles. The Morgan fingerprint density at radius 1 is 0.913 bits per heavy atom. The standard InChI is InChI=1S/C18H17FN2O2/c19-10-13-7-5-12(6-8-13)9-14(20)11-21-17(22)15-3-1-2-4-16(15)18(21)23/h1-8,14H,9-11,20H2/t14-/m1/s1. The summed E-state index contributed by atoms with van der Waals surface area (Å²) < 4.78 is 12.5. The van der Waals surface area contributed by atoms with Crippen LogP contribution in [0.2, 0.25) is 0 Å². The minimum atomic E-state index is -0.499. The van der Waals surface area contributed by atoms with Gasteiger partial charge in [0, 0.05) is 12.6 Å². The summed E-state index contributed by atoms with van der Waals surface area (Å²) in [5.41, 5.74) is 8.51. The summed E-state index contributed by atoms with van der Waals surface area (Å²) in [6, 6.07) is 13.5. The fourth-order valence-corrected chi connectivity index (χ4v) is 2.77. The molecule has 0 radical (unpaired) electrons. The number of benzene rings is 2. The fourth-order valence-electron chi connectivity index (χ4n) is 2.77. The van der Waals surface area contributed by atoms with Gasteiger partial charge in [-0.25, -0.2) is 4.39 Å². The predicted octanol–water partition coefficient (Wildman–Crippen LogP) is 2.32. The van der Waals surface area contributed by atoms with Crippen molar-refractivity contribution in [2.24, 2.45) is 5.73 Å². The van der Waals surface area contributed by atoms with E-state index < -0.39 is 6.67 Å². The molecule has 118 valence electrons. The third-order valence-electron chi connectivity index (χ3n) is 3.97. The van der Waals surface area contributed by atoms with Crippen LogP contribution in [0, 0.1) is 0 Å². The Hall–Kier alpha value is -2.53.